The maximum Gasteiger partial charge on any atom is 0.309 e. The number of carboxylic acids is 1. The first-order chi connectivity index (χ1) is 12.8. The third-order valence-corrected chi connectivity index (χ3v) is 4.76. The average Bonchev–Trinajstić information content (AvgIpc) is 2.60. The molecule has 0 aliphatic carbocycles. The lowest BCUT2D eigenvalue weighted by Crippen LogP contribution is -2.35. The van der Waals surface area contributed by atoms with Gasteiger partial charge in [-0.15, -0.1) is 0 Å². The fourth-order valence-corrected chi connectivity index (χ4v) is 3.13. The van der Waals surface area contributed by atoms with Crippen molar-refractivity contribution in [2.75, 3.05) is 7.11 Å². The van der Waals surface area contributed by atoms with Crippen LogP contribution >= 0.6 is 0 Å². The number of nitrogens with two attached hydrogens (primary N) is 1. The van der Waals surface area contributed by atoms with Crippen molar-refractivity contribution in [1.29, 1.82) is 0 Å². The van der Waals surface area contributed by atoms with Gasteiger partial charge in [-0.1, -0.05) is 58.8 Å². The second-order valence-electron chi connectivity index (χ2n) is 7.19. The number of primary amides is 1. The van der Waals surface area contributed by atoms with Crippen LogP contribution in [0.3, 0.4) is 0 Å². The van der Waals surface area contributed by atoms with Gasteiger partial charge >= 0.3 is 5.97 Å². The number of rotatable bonds is 18. The number of ether oxygens (including phenoxy) is 2. The summed E-state index contributed by atoms with van der Waals surface area (Å²) in [6.45, 7) is 4.19. The molecule has 0 aromatic carbocycles. The van der Waals surface area contributed by atoms with Crippen LogP contribution in [0, 0.1) is 5.92 Å². The Hall–Kier alpha value is -1.18. The number of aliphatic hydroxyl groups excluding tert-OH is 1. The first-order valence-corrected chi connectivity index (χ1v) is 10.2. The highest BCUT2D eigenvalue weighted by Crippen LogP contribution is 2.23. The number of hydrogen-bond donors (Lipinski definition) is 3. The Labute approximate surface area is 163 Å². The number of carboxylic acid groups (broad SMARTS) is 1. The molecule has 0 aromatic rings. The lowest BCUT2D eigenvalue weighted by atomic mass is 9.90. The summed E-state index contributed by atoms with van der Waals surface area (Å²) in [5, 5.41) is 20.0. The smallest absolute Gasteiger partial charge is 0.309 e. The maximum atomic E-state index is 11.6. The zero-order valence-corrected chi connectivity index (χ0v) is 17.2. The number of hydrogen-bond acceptors (Lipinski definition) is 5. The van der Waals surface area contributed by atoms with E-state index in [2.05, 4.69) is 13.8 Å². The molecule has 0 saturated carbocycles. The Balaban J connectivity index is 4.84. The second kappa shape index (κ2) is 15.8. The Morgan fingerprint density at radius 1 is 1.00 bits per heavy atom. The lowest BCUT2D eigenvalue weighted by molar-refractivity contribution is -0.173. The van der Waals surface area contributed by atoms with E-state index in [1.54, 1.807) is 0 Å². The van der Waals surface area contributed by atoms with Gasteiger partial charge in [0.15, 0.2) is 6.29 Å². The molecule has 1 amide bonds. The van der Waals surface area contributed by atoms with E-state index in [0.29, 0.717) is 12.8 Å². The predicted molar refractivity (Wildman–Crippen MR) is 104 cm³/mol. The van der Waals surface area contributed by atoms with Crippen LogP contribution in [-0.2, 0) is 19.1 Å². The minimum Gasteiger partial charge on any atom is -0.481 e. The van der Waals surface area contributed by atoms with Crippen LogP contribution in [-0.4, -0.2) is 47.7 Å². The summed E-state index contributed by atoms with van der Waals surface area (Å²) in [6, 6.07) is 0. The zero-order valence-electron chi connectivity index (χ0n) is 17.2. The van der Waals surface area contributed by atoms with Crippen LogP contribution in [0.1, 0.15) is 84.5 Å². The van der Waals surface area contributed by atoms with Gasteiger partial charge in [-0.05, 0) is 12.8 Å². The third kappa shape index (κ3) is 12.8. The highest BCUT2D eigenvalue weighted by molar-refractivity contribution is 5.74. The van der Waals surface area contributed by atoms with Gasteiger partial charge < -0.3 is 25.4 Å². The van der Waals surface area contributed by atoms with Crippen LogP contribution in [0.15, 0.2) is 0 Å². The van der Waals surface area contributed by atoms with E-state index in [0.717, 1.165) is 44.9 Å². The summed E-state index contributed by atoms with van der Waals surface area (Å²) >= 11 is 0. The molecule has 0 bridgehead atoms. The van der Waals surface area contributed by atoms with E-state index < -0.39 is 30.2 Å². The molecule has 0 saturated heterocycles. The fourth-order valence-electron chi connectivity index (χ4n) is 3.13. The van der Waals surface area contributed by atoms with E-state index in [1.165, 1.54) is 7.11 Å². The van der Waals surface area contributed by atoms with Gasteiger partial charge in [0.2, 0.25) is 5.91 Å². The average molecular weight is 390 g/mol. The van der Waals surface area contributed by atoms with Gasteiger partial charge in [0, 0.05) is 13.5 Å². The molecule has 0 aliphatic heterocycles. The molecule has 1 unspecified atom stereocenters. The minimum absolute atomic E-state index is 0.0732. The Morgan fingerprint density at radius 2 is 1.59 bits per heavy atom. The van der Waals surface area contributed by atoms with Crippen molar-refractivity contribution >= 4 is 11.9 Å². The number of aliphatic carboxylic acids is 1. The topological polar surface area (TPSA) is 119 Å². The summed E-state index contributed by atoms with van der Waals surface area (Å²) in [6.07, 6.45) is 5.93. The van der Waals surface area contributed by atoms with Crippen molar-refractivity contribution < 1.29 is 29.3 Å². The maximum absolute atomic E-state index is 11.6. The zero-order chi connectivity index (χ0) is 20.7. The van der Waals surface area contributed by atoms with E-state index >= 15 is 0 Å². The molecule has 0 aliphatic rings. The number of aliphatic hydroxyl groups is 1. The largest absolute Gasteiger partial charge is 0.481 e. The Morgan fingerprint density at radius 3 is 2.11 bits per heavy atom. The van der Waals surface area contributed by atoms with Crippen molar-refractivity contribution in [3.05, 3.63) is 0 Å². The van der Waals surface area contributed by atoms with Gasteiger partial charge in [0.1, 0.15) is 0 Å². The Bertz CT molecular complexity index is 404. The van der Waals surface area contributed by atoms with Crippen molar-refractivity contribution in [2.24, 2.45) is 11.7 Å². The van der Waals surface area contributed by atoms with Crippen LogP contribution in [0.5, 0.6) is 0 Å². The normalized spacial score (nSPS) is 15.9. The molecule has 27 heavy (non-hydrogen) atoms. The van der Waals surface area contributed by atoms with Crippen molar-refractivity contribution in [1.82, 2.24) is 0 Å². The summed E-state index contributed by atoms with van der Waals surface area (Å²) in [5.74, 6) is -2.32. The van der Waals surface area contributed by atoms with E-state index in [4.69, 9.17) is 15.2 Å². The molecular weight excluding hydrogens is 350 g/mol. The van der Waals surface area contributed by atoms with Crippen molar-refractivity contribution in [3.8, 4) is 0 Å². The van der Waals surface area contributed by atoms with Crippen LogP contribution in [0.2, 0.25) is 0 Å². The molecule has 7 heteroatoms. The molecule has 0 aromatic heterocycles. The number of carbonyl (C=O) groups excluding carboxylic acids is 1. The minimum atomic E-state index is -0.998. The number of methoxy groups -OCH3 is 1. The van der Waals surface area contributed by atoms with Gasteiger partial charge in [-0.2, -0.15) is 0 Å². The molecule has 0 spiro atoms. The van der Waals surface area contributed by atoms with Gasteiger partial charge in [0.05, 0.1) is 24.5 Å². The van der Waals surface area contributed by atoms with Gasteiger partial charge in [-0.25, -0.2) is 0 Å². The monoisotopic (exact) mass is 389 g/mol. The first kappa shape index (κ1) is 25.8. The number of carbonyl (C=O) groups is 2. The first-order valence-electron chi connectivity index (χ1n) is 10.2. The SMILES string of the molecule is CCCCCC[C@H](C(=O)O)[C@@H](O)C[C@H](CCCCC)OC(CC(N)=O)OC. The summed E-state index contributed by atoms with van der Waals surface area (Å²) in [4.78, 5) is 22.7. The molecular formula is C20H39NO6. The van der Waals surface area contributed by atoms with Crippen LogP contribution in [0.25, 0.3) is 0 Å². The molecule has 0 rings (SSSR count). The third-order valence-electron chi connectivity index (χ3n) is 4.76. The predicted octanol–water partition coefficient (Wildman–Crippen LogP) is 3.22. The quantitative estimate of drug-likeness (QED) is 0.245. The Kier molecular flexibility index (Phi) is 15.1. The molecule has 7 nitrogen and oxygen atoms in total. The van der Waals surface area contributed by atoms with Gasteiger partial charge in [0.25, 0.3) is 0 Å². The van der Waals surface area contributed by atoms with Crippen LogP contribution in [0.4, 0.5) is 0 Å². The number of amides is 1. The standard InChI is InChI=1S/C20H39NO6/c1-4-6-8-10-12-16(20(24)25)17(22)13-15(11-9-7-5-2)27-19(26-3)14-18(21)23/h15-17,19,22H,4-14H2,1-3H3,(H2,21,23)(H,24,25)/t15-,16-,17-,19?/m0/s1. The second-order valence-corrected chi connectivity index (χ2v) is 7.19. The van der Waals surface area contributed by atoms with E-state index in [9.17, 15) is 19.8 Å². The van der Waals surface area contributed by atoms with Crippen molar-refractivity contribution in [2.45, 2.75) is 103 Å². The summed E-state index contributed by atoms with van der Waals surface area (Å²) in [7, 11) is 1.43. The molecule has 4 N–H and O–H groups in total. The molecule has 0 radical (unpaired) electrons. The molecule has 0 fully saturated rings. The van der Waals surface area contributed by atoms with E-state index in [-0.39, 0.29) is 18.9 Å². The fraction of sp³-hybridized carbons (Fsp3) is 0.900. The molecule has 160 valence electrons. The number of unbranched alkanes of at least 4 members (excludes halogenated alkanes) is 5. The summed E-state index contributed by atoms with van der Waals surface area (Å²) in [5.41, 5.74) is 5.21. The lowest BCUT2D eigenvalue weighted by Gasteiger charge is -2.27. The van der Waals surface area contributed by atoms with Crippen molar-refractivity contribution in [3.63, 3.8) is 0 Å². The highest BCUT2D eigenvalue weighted by Gasteiger charge is 2.30. The summed E-state index contributed by atoms with van der Waals surface area (Å²) < 4.78 is 11.0. The molecule has 0 heterocycles. The highest BCUT2D eigenvalue weighted by atomic mass is 16.7. The van der Waals surface area contributed by atoms with Crippen LogP contribution < -0.4 is 5.73 Å². The molecule has 4 atom stereocenters. The van der Waals surface area contributed by atoms with Gasteiger partial charge in [-0.3, -0.25) is 9.59 Å². The van der Waals surface area contributed by atoms with E-state index in [1.807, 2.05) is 0 Å².